The third-order valence-electron chi connectivity index (χ3n) is 1.69. The fourth-order valence-electron chi connectivity index (χ4n) is 1.12. The van der Waals surface area contributed by atoms with Crippen molar-refractivity contribution in [1.29, 1.82) is 0 Å². The van der Waals surface area contributed by atoms with Gasteiger partial charge < -0.3 is 4.74 Å². The molecule has 12 heavy (non-hydrogen) atoms. The SMILES string of the molecule is O=C1O[C@@H](Br)c2ccc(Br)cc21. The van der Waals surface area contributed by atoms with E-state index in [-0.39, 0.29) is 11.0 Å². The molecule has 2 rings (SSSR count). The van der Waals surface area contributed by atoms with Crippen molar-refractivity contribution in [2.75, 3.05) is 0 Å². The van der Waals surface area contributed by atoms with Crippen LogP contribution in [0.25, 0.3) is 0 Å². The van der Waals surface area contributed by atoms with Gasteiger partial charge in [0.05, 0.1) is 5.56 Å². The van der Waals surface area contributed by atoms with E-state index in [2.05, 4.69) is 31.9 Å². The first-order valence-electron chi connectivity index (χ1n) is 3.33. The van der Waals surface area contributed by atoms with Gasteiger partial charge in [-0.05, 0) is 28.1 Å². The van der Waals surface area contributed by atoms with Crippen molar-refractivity contribution >= 4 is 37.8 Å². The molecule has 1 aliphatic rings. The standard InChI is InChI=1S/C8H4Br2O2/c9-4-1-2-5-6(3-4)8(11)12-7(5)10/h1-3,7H/t7-/m1/s1. The Labute approximate surface area is 86.2 Å². The van der Waals surface area contributed by atoms with Crippen LogP contribution in [0.5, 0.6) is 0 Å². The van der Waals surface area contributed by atoms with E-state index in [1.807, 2.05) is 12.1 Å². The molecule has 1 aromatic carbocycles. The van der Waals surface area contributed by atoms with E-state index in [1.165, 1.54) is 0 Å². The van der Waals surface area contributed by atoms with Gasteiger partial charge in [-0.1, -0.05) is 22.0 Å². The second-order valence-electron chi connectivity index (χ2n) is 2.45. The molecule has 0 radical (unpaired) electrons. The van der Waals surface area contributed by atoms with Crippen LogP contribution in [0.15, 0.2) is 22.7 Å². The zero-order valence-electron chi connectivity index (χ0n) is 5.88. The minimum Gasteiger partial charge on any atom is -0.442 e. The first-order valence-corrected chi connectivity index (χ1v) is 5.04. The van der Waals surface area contributed by atoms with Gasteiger partial charge in [-0.3, -0.25) is 0 Å². The molecule has 1 atom stereocenters. The lowest BCUT2D eigenvalue weighted by molar-refractivity contribution is 0.0530. The van der Waals surface area contributed by atoms with E-state index >= 15 is 0 Å². The summed E-state index contributed by atoms with van der Waals surface area (Å²) in [6.07, 6.45) is 0. The Morgan fingerprint density at radius 3 is 2.92 bits per heavy atom. The monoisotopic (exact) mass is 290 g/mol. The summed E-state index contributed by atoms with van der Waals surface area (Å²) in [7, 11) is 0. The molecule has 0 bridgehead atoms. The van der Waals surface area contributed by atoms with Gasteiger partial charge in [0.25, 0.3) is 0 Å². The van der Waals surface area contributed by atoms with E-state index in [1.54, 1.807) is 6.07 Å². The summed E-state index contributed by atoms with van der Waals surface area (Å²) in [5.41, 5.74) is 1.52. The van der Waals surface area contributed by atoms with Crippen LogP contribution in [0.3, 0.4) is 0 Å². The Bertz CT molecular complexity index is 349. The molecule has 0 unspecified atom stereocenters. The Morgan fingerprint density at radius 1 is 1.42 bits per heavy atom. The number of carbonyl (C=O) groups excluding carboxylic acids is 1. The van der Waals surface area contributed by atoms with E-state index in [9.17, 15) is 4.79 Å². The minimum atomic E-state index is -0.284. The van der Waals surface area contributed by atoms with E-state index < -0.39 is 0 Å². The average molecular weight is 292 g/mol. The molecule has 0 spiro atoms. The Kier molecular flexibility index (Phi) is 1.96. The number of alkyl halides is 1. The smallest absolute Gasteiger partial charge is 0.340 e. The molecular formula is C8H4Br2O2. The number of halogens is 2. The third-order valence-corrected chi connectivity index (χ3v) is 2.86. The van der Waals surface area contributed by atoms with Crippen molar-refractivity contribution in [2.24, 2.45) is 0 Å². The van der Waals surface area contributed by atoms with Crippen molar-refractivity contribution in [3.05, 3.63) is 33.8 Å². The summed E-state index contributed by atoms with van der Waals surface area (Å²) in [5, 5.41) is -0.284. The van der Waals surface area contributed by atoms with Crippen molar-refractivity contribution in [1.82, 2.24) is 0 Å². The van der Waals surface area contributed by atoms with E-state index in [0.29, 0.717) is 5.56 Å². The number of hydrogen-bond acceptors (Lipinski definition) is 2. The number of esters is 1. The molecule has 0 amide bonds. The van der Waals surface area contributed by atoms with Crippen LogP contribution in [-0.2, 0) is 4.74 Å². The van der Waals surface area contributed by atoms with Crippen LogP contribution in [0.4, 0.5) is 0 Å². The summed E-state index contributed by atoms with van der Waals surface area (Å²) < 4.78 is 5.83. The van der Waals surface area contributed by atoms with Gasteiger partial charge >= 0.3 is 5.97 Å². The number of fused-ring (bicyclic) bond motifs is 1. The van der Waals surface area contributed by atoms with Gasteiger partial charge in [-0.25, -0.2) is 4.79 Å². The Balaban J connectivity index is 2.60. The quantitative estimate of drug-likeness (QED) is 0.542. The summed E-state index contributed by atoms with van der Waals surface area (Å²) in [5.74, 6) is -0.270. The lowest BCUT2D eigenvalue weighted by Gasteiger charge is -1.98. The average Bonchev–Trinajstić information content (AvgIpc) is 2.28. The molecule has 0 saturated carbocycles. The molecule has 0 aromatic heterocycles. The fourth-order valence-corrected chi connectivity index (χ4v) is 2.05. The zero-order chi connectivity index (χ0) is 8.72. The van der Waals surface area contributed by atoms with E-state index in [0.717, 1.165) is 10.0 Å². The summed E-state index contributed by atoms with van der Waals surface area (Å²) in [4.78, 5) is 11.2. The predicted molar refractivity (Wildman–Crippen MR) is 51.2 cm³/mol. The number of carbonyl (C=O) groups is 1. The third kappa shape index (κ3) is 1.19. The molecular weight excluding hydrogens is 288 g/mol. The molecule has 62 valence electrons. The Hall–Kier alpha value is -0.350. The molecule has 0 N–H and O–H groups in total. The fraction of sp³-hybridized carbons (Fsp3) is 0.125. The number of benzene rings is 1. The molecule has 0 aliphatic carbocycles. The molecule has 0 fully saturated rings. The van der Waals surface area contributed by atoms with Crippen molar-refractivity contribution in [3.63, 3.8) is 0 Å². The number of cyclic esters (lactones) is 1. The molecule has 2 nitrogen and oxygen atoms in total. The number of hydrogen-bond donors (Lipinski definition) is 0. The summed E-state index contributed by atoms with van der Waals surface area (Å²) in [6, 6.07) is 5.51. The van der Waals surface area contributed by atoms with Gasteiger partial charge in [0, 0.05) is 10.0 Å². The number of ether oxygens (including phenoxy) is 1. The largest absolute Gasteiger partial charge is 0.442 e. The van der Waals surface area contributed by atoms with Crippen LogP contribution in [-0.4, -0.2) is 5.97 Å². The first kappa shape index (κ1) is 8.26. The van der Waals surface area contributed by atoms with Gasteiger partial charge in [0.15, 0.2) is 5.01 Å². The summed E-state index contributed by atoms with van der Waals surface area (Å²) >= 11 is 6.53. The second-order valence-corrected chi connectivity index (χ2v) is 4.20. The highest BCUT2D eigenvalue weighted by Crippen LogP contribution is 2.36. The highest BCUT2D eigenvalue weighted by atomic mass is 79.9. The maximum absolute atomic E-state index is 11.2. The molecule has 4 heteroatoms. The highest BCUT2D eigenvalue weighted by Gasteiger charge is 2.28. The van der Waals surface area contributed by atoms with Crippen molar-refractivity contribution < 1.29 is 9.53 Å². The molecule has 1 aromatic rings. The lowest BCUT2D eigenvalue weighted by atomic mass is 10.1. The zero-order valence-corrected chi connectivity index (χ0v) is 9.05. The minimum absolute atomic E-state index is 0.270. The van der Waals surface area contributed by atoms with Gasteiger partial charge in [-0.15, -0.1) is 0 Å². The molecule has 1 aliphatic heterocycles. The number of rotatable bonds is 0. The second kappa shape index (κ2) is 2.85. The lowest BCUT2D eigenvalue weighted by Crippen LogP contribution is -1.93. The predicted octanol–water partition coefficient (Wildman–Crippen LogP) is 3.01. The van der Waals surface area contributed by atoms with Gasteiger partial charge in [0.2, 0.25) is 0 Å². The van der Waals surface area contributed by atoms with Crippen molar-refractivity contribution in [3.8, 4) is 0 Å². The summed E-state index contributed by atoms with van der Waals surface area (Å²) in [6.45, 7) is 0. The highest BCUT2D eigenvalue weighted by molar-refractivity contribution is 9.10. The van der Waals surface area contributed by atoms with Crippen LogP contribution in [0.2, 0.25) is 0 Å². The maximum atomic E-state index is 11.2. The van der Waals surface area contributed by atoms with Crippen LogP contribution >= 0.6 is 31.9 Å². The van der Waals surface area contributed by atoms with Crippen LogP contribution in [0, 0.1) is 0 Å². The maximum Gasteiger partial charge on any atom is 0.340 e. The first-order chi connectivity index (χ1) is 5.68. The van der Waals surface area contributed by atoms with Gasteiger partial charge in [0.1, 0.15) is 0 Å². The topological polar surface area (TPSA) is 26.3 Å². The van der Waals surface area contributed by atoms with Crippen molar-refractivity contribution in [2.45, 2.75) is 5.01 Å². The van der Waals surface area contributed by atoms with Crippen LogP contribution in [0.1, 0.15) is 20.9 Å². The Morgan fingerprint density at radius 2 is 2.17 bits per heavy atom. The molecule has 1 heterocycles. The van der Waals surface area contributed by atoms with Crippen LogP contribution < -0.4 is 0 Å². The normalized spacial score (nSPS) is 20.5. The molecule has 0 saturated heterocycles. The van der Waals surface area contributed by atoms with Gasteiger partial charge in [-0.2, -0.15) is 0 Å². The van der Waals surface area contributed by atoms with E-state index in [4.69, 9.17) is 4.74 Å².